The molecule has 1 fully saturated rings. The van der Waals surface area contributed by atoms with Gasteiger partial charge in [-0.1, -0.05) is 19.1 Å². The smallest absolute Gasteiger partial charge is 0.223 e. The van der Waals surface area contributed by atoms with Gasteiger partial charge in [-0.2, -0.15) is 0 Å². The van der Waals surface area contributed by atoms with Crippen LogP contribution in [0.25, 0.3) is 0 Å². The molecule has 1 aromatic carbocycles. The number of carbonyl (C=O) groups is 1. The second kappa shape index (κ2) is 8.18. The third-order valence-corrected chi connectivity index (χ3v) is 4.42. The van der Waals surface area contributed by atoms with Crippen molar-refractivity contribution in [1.82, 2.24) is 4.90 Å². The van der Waals surface area contributed by atoms with Gasteiger partial charge in [0.1, 0.15) is 5.75 Å². The monoisotopic (exact) mass is 305 g/mol. The zero-order chi connectivity index (χ0) is 15.9. The van der Waals surface area contributed by atoms with Crippen LogP contribution in [0.3, 0.4) is 0 Å². The Morgan fingerprint density at radius 2 is 2.23 bits per heavy atom. The Morgan fingerprint density at radius 1 is 1.41 bits per heavy atom. The summed E-state index contributed by atoms with van der Waals surface area (Å²) in [6, 6.07) is 7.98. The van der Waals surface area contributed by atoms with E-state index in [9.17, 15) is 4.79 Å². The summed E-state index contributed by atoms with van der Waals surface area (Å²) in [4.78, 5) is 14.5. The molecule has 0 radical (unpaired) electrons. The lowest BCUT2D eigenvalue weighted by Gasteiger charge is -2.33. The van der Waals surface area contributed by atoms with Crippen molar-refractivity contribution in [2.75, 3.05) is 33.9 Å². The number of rotatable bonds is 6. The molecule has 0 N–H and O–H groups in total. The number of piperidine rings is 1. The molecule has 0 bridgehead atoms. The fourth-order valence-electron chi connectivity index (χ4n) is 3.12. The van der Waals surface area contributed by atoms with Crippen LogP contribution in [0, 0.1) is 5.92 Å². The minimum Gasteiger partial charge on any atom is -0.497 e. The molecular weight excluding hydrogens is 278 g/mol. The van der Waals surface area contributed by atoms with E-state index in [1.165, 1.54) is 0 Å². The summed E-state index contributed by atoms with van der Waals surface area (Å²) in [6.07, 6.45) is 2.78. The Hall–Kier alpha value is -1.55. The maximum Gasteiger partial charge on any atom is 0.223 e. The molecular formula is C18H27NO3. The predicted molar refractivity (Wildman–Crippen MR) is 87.2 cm³/mol. The predicted octanol–water partition coefficient (Wildman–Crippen LogP) is 3.07. The summed E-state index contributed by atoms with van der Waals surface area (Å²) in [5.74, 6) is 1.77. The highest BCUT2D eigenvalue weighted by Crippen LogP contribution is 2.25. The molecule has 1 aliphatic rings. The zero-order valence-electron chi connectivity index (χ0n) is 13.9. The number of benzene rings is 1. The van der Waals surface area contributed by atoms with Crippen molar-refractivity contribution < 1.29 is 14.3 Å². The summed E-state index contributed by atoms with van der Waals surface area (Å²) in [5, 5.41) is 0. The van der Waals surface area contributed by atoms with Crippen molar-refractivity contribution >= 4 is 5.91 Å². The van der Waals surface area contributed by atoms with Gasteiger partial charge in [-0.25, -0.2) is 0 Å². The number of ether oxygens (including phenoxy) is 2. The molecule has 1 heterocycles. The Bertz CT molecular complexity index is 487. The number of amides is 1. The summed E-state index contributed by atoms with van der Waals surface area (Å²) in [6.45, 7) is 4.56. The van der Waals surface area contributed by atoms with Gasteiger partial charge >= 0.3 is 0 Å². The van der Waals surface area contributed by atoms with Crippen LogP contribution in [0.5, 0.6) is 5.75 Å². The second-order valence-corrected chi connectivity index (χ2v) is 6.19. The van der Waals surface area contributed by atoms with Crippen LogP contribution >= 0.6 is 0 Å². The Kier molecular flexibility index (Phi) is 6.25. The topological polar surface area (TPSA) is 38.8 Å². The Morgan fingerprint density at radius 3 is 2.95 bits per heavy atom. The number of carbonyl (C=O) groups excluding carboxylic acids is 1. The summed E-state index contributed by atoms with van der Waals surface area (Å²) >= 11 is 0. The van der Waals surface area contributed by atoms with Crippen LogP contribution in [0.1, 0.15) is 37.7 Å². The van der Waals surface area contributed by atoms with Crippen molar-refractivity contribution in [3.63, 3.8) is 0 Å². The van der Waals surface area contributed by atoms with Crippen LogP contribution in [0.4, 0.5) is 0 Å². The highest BCUT2D eigenvalue weighted by Gasteiger charge is 2.24. The third kappa shape index (κ3) is 4.47. The van der Waals surface area contributed by atoms with Crippen LogP contribution in [-0.4, -0.2) is 44.7 Å². The molecule has 2 rings (SSSR count). The summed E-state index contributed by atoms with van der Waals surface area (Å²) < 4.78 is 10.5. The molecule has 0 aliphatic carbocycles. The molecule has 1 saturated heterocycles. The van der Waals surface area contributed by atoms with Gasteiger partial charge in [-0.05, 0) is 42.4 Å². The van der Waals surface area contributed by atoms with Crippen molar-refractivity contribution in [2.45, 2.75) is 32.1 Å². The first kappa shape index (κ1) is 16.8. The van der Waals surface area contributed by atoms with E-state index in [4.69, 9.17) is 9.47 Å². The minimum atomic E-state index is 0.199. The van der Waals surface area contributed by atoms with Gasteiger partial charge in [0, 0.05) is 26.6 Å². The van der Waals surface area contributed by atoms with Gasteiger partial charge in [0.05, 0.1) is 13.7 Å². The van der Waals surface area contributed by atoms with Crippen LogP contribution in [-0.2, 0) is 9.53 Å². The van der Waals surface area contributed by atoms with E-state index in [0.29, 0.717) is 12.3 Å². The molecule has 122 valence electrons. The van der Waals surface area contributed by atoms with Crippen molar-refractivity contribution in [3.8, 4) is 5.75 Å². The van der Waals surface area contributed by atoms with Crippen molar-refractivity contribution in [3.05, 3.63) is 29.8 Å². The lowest BCUT2D eigenvalue weighted by molar-refractivity contribution is -0.133. The van der Waals surface area contributed by atoms with E-state index in [1.807, 2.05) is 23.1 Å². The molecule has 1 aromatic rings. The SMILES string of the molecule is COC[C@H]1CCCN(C(=O)C[C@@H](C)c2cccc(OC)c2)C1. The second-order valence-electron chi connectivity index (χ2n) is 6.19. The van der Waals surface area contributed by atoms with Crippen molar-refractivity contribution in [2.24, 2.45) is 5.92 Å². The number of nitrogens with zero attached hydrogens (tertiary/aromatic N) is 1. The first-order valence-corrected chi connectivity index (χ1v) is 8.04. The summed E-state index contributed by atoms with van der Waals surface area (Å²) in [5.41, 5.74) is 1.15. The highest BCUT2D eigenvalue weighted by molar-refractivity contribution is 5.77. The standard InChI is InChI=1S/C18H27NO3/c1-14(16-7-4-8-17(11-16)22-3)10-18(20)19-9-5-6-15(12-19)13-21-2/h4,7-8,11,14-15H,5-6,9-10,12-13H2,1-3H3/t14-,15+/m1/s1. The molecule has 4 heteroatoms. The van der Waals surface area contributed by atoms with E-state index in [0.717, 1.165) is 43.9 Å². The molecule has 1 aliphatic heterocycles. The highest BCUT2D eigenvalue weighted by atomic mass is 16.5. The largest absolute Gasteiger partial charge is 0.497 e. The molecule has 0 saturated carbocycles. The van der Waals surface area contributed by atoms with E-state index in [-0.39, 0.29) is 11.8 Å². The van der Waals surface area contributed by atoms with E-state index in [1.54, 1.807) is 14.2 Å². The number of methoxy groups -OCH3 is 2. The van der Waals surface area contributed by atoms with Gasteiger partial charge in [-0.3, -0.25) is 4.79 Å². The first-order chi connectivity index (χ1) is 10.6. The van der Waals surface area contributed by atoms with Gasteiger partial charge in [0.2, 0.25) is 5.91 Å². The van der Waals surface area contributed by atoms with Crippen LogP contribution in [0.2, 0.25) is 0 Å². The van der Waals surface area contributed by atoms with Gasteiger partial charge in [0.25, 0.3) is 0 Å². The number of hydrogen-bond acceptors (Lipinski definition) is 3. The lowest BCUT2D eigenvalue weighted by Crippen LogP contribution is -2.41. The molecule has 22 heavy (non-hydrogen) atoms. The lowest BCUT2D eigenvalue weighted by atomic mass is 9.95. The number of hydrogen-bond donors (Lipinski definition) is 0. The Labute approximate surface area is 133 Å². The van der Waals surface area contributed by atoms with Crippen LogP contribution < -0.4 is 4.74 Å². The van der Waals surface area contributed by atoms with Crippen molar-refractivity contribution in [1.29, 1.82) is 0 Å². The van der Waals surface area contributed by atoms with E-state index < -0.39 is 0 Å². The fourth-order valence-corrected chi connectivity index (χ4v) is 3.12. The quantitative estimate of drug-likeness (QED) is 0.811. The molecule has 4 nitrogen and oxygen atoms in total. The average Bonchev–Trinajstić information content (AvgIpc) is 2.55. The maximum absolute atomic E-state index is 12.5. The van der Waals surface area contributed by atoms with Gasteiger partial charge < -0.3 is 14.4 Å². The molecule has 0 unspecified atom stereocenters. The normalized spacial score (nSPS) is 19.8. The third-order valence-electron chi connectivity index (χ3n) is 4.42. The van der Waals surface area contributed by atoms with Crippen LogP contribution in [0.15, 0.2) is 24.3 Å². The Balaban J connectivity index is 1.92. The number of likely N-dealkylation sites (tertiary alicyclic amines) is 1. The van der Waals surface area contributed by atoms with E-state index in [2.05, 4.69) is 13.0 Å². The fraction of sp³-hybridized carbons (Fsp3) is 0.611. The summed E-state index contributed by atoms with van der Waals surface area (Å²) in [7, 11) is 3.39. The molecule has 2 atom stereocenters. The molecule has 0 spiro atoms. The first-order valence-electron chi connectivity index (χ1n) is 8.04. The zero-order valence-corrected chi connectivity index (χ0v) is 13.9. The average molecular weight is 305 g/mol. The molecule has 1 amide bonds. The minimum absolute atomic E-state index is 0.199. The van der Waals surface area contributed by atoms with Gasteiger partial charge in [0.15, 0.2) is 0 Å². The van der Waals surface area contributed by atoms with E-state index >= 15 is 0 Å². The van der Waals surface area contributed by atoms with Gasteiger partial charge in [-0.15, -0.1) is 0 Å². The molecule has 0 aromatic heterocycles. The maximum atomic E-state index is 12.5.